The van der Waals surface area contributed by atoms with E-state index in [-0.39, 0.29) is 11.3 Å². The van der Waals surface area contributed by atoms with Crippen LogP contribution in [0.25, 0.3) is 0 Å². The van der Waals surface area contributed by atoms with Crippen LogP contribution in [0.2, 0.25) is 0 Å². The van der Waals surface area contributed by atoms with Crippen LogP contribution in [0.1, 0.15) is 55.5 Å². The van der Waals surface area contributed by atoms with Crippen LogP contribution in [0.4, 0.5) is 0 Å². The third-order valence-electron chi connectivity index (χ3n) is 8.40. The Bertz CT molecular complexity index is 799. The van der Waals surface area contributed by atoms with Gasteiger partial charge in [-0.2, -0.15) is 5.10 Å². The van der Waals surface area contributed by atoms with Gasteiger partial charge in [0.2, 0.25) is 11.8 Å². The summed E-state index contributed by atoms with van der Waals surface area (Å²) in [6.07, 6.45) is 7.87. The highest BCUT2D eigenvalue weighted by Gasteiger charge is 2.55. The second kappa shape index (κ2) is 6.85. The van der Waals surface area contributed by atoms with Crippen LogP contribution in [-0.4, -0.2) is 57.6 Å². The van der Waals surface area contributed by atoms with Crippen molar-refractivity contribution in [2.45, 2.75) is 58.8 Å². The van der Waals surface area contributed by atoms with E-state index in [9.17, 15) is 9.59 Å². The number of carbonyl (C=O) groups is 2. The Labute approximate surface area is 173 Å². The van der Waals surface area contributed by atoms with Crippen LogP contribution >= 0.6 is 0 Å². The number of hydrogen-bond donors (Lipinski definition) is 0. The maximum atomic E-state index is 13.5. The highest BCUT2D eigenvalue weighted by atomic mass is 16.2. The molecule has 1 saturated heterocycles. The van der Waals surface area contributed by atoms with E-state index in [0.29, 0.717) is 38.5 Å². The van der Waals surface area contributed by atoms with Gasteiger partial charge in [0, 0.05) is 44.5 Å². The first kappa shape index (κ1) is 19.1. The second-order valence-electron chi connectivity index (χ2n) is 10.3. The summed E-state index contributed by atoms with van der Waals surface area (Å²) < 4.78 is 1.85. The molecule has 0 aromatic carbocycles. The molecular formula is C23H34N4O2. The van der Waals surface area contributed by atoms with Crippen LogP contribution in [-0.2, 0) is 23.1 Å². The highest BCUT2D eigenvalue weighted by Crippen LogP contribution is 2.60. The van der Waals surface area contributed by atoms with Crippen LogP contribution in [0.3, 0.4) is 0 Å². The van der Waals surface area contributed by atoms with Crippen LogP contribution < -0.4 is 0 Å². The molecule has 6 rings (SSSR count). The summed E-state index contributed by atoms with van der Waals surface area (Å²) in [7, 11) is 1.92. The first-order valence-electron chi connectivity index (χ1n) is 11.4. The monoisotopic (exact) mass is 398 g/mol. The van der Waals surface area contributed by atoms with Crippen LogP contribution in [0.5, 0.6) is 0 Å². The molecule has 1 aliphatic heterocycles. The molecule has 0 radical (unpaired) electrons. The fourth-order valence-corrected chi connectivity index (χ4v) is 7.20. The van der Waals surface area contributed by atoms with Gasteiger partial charge in [-0.05, 0) is 70.1 Å². The van der Waals surface area contributed by atoms with Gasteiger partial charge >= 0.3 is 0 Å². The van der Waals surface area contributed by atoms with Gasteiger partial charge in [-0.3, -0.25) is 14.3 Å². The average molecular weight is 399 g/mol. The smallest absolute Gasteiger partial charge is 0.228 e. The molecule has 4 bridgehead atoms. The second-order valence-corrected chi connectivity index (χ2v) is 10.3. The normalized spacial score (nSPS) is 33.4. The molecule has 4 saturated carbocycles. The zero-order valence-electron chi connectivity index (χ0n) is 18.1. The van der Waals surface area contributed by atoms with Crippen molar-refractivity contribution in [1.29, 1.82) is 0 Å². The highest BCUT2D eigenvalue weighted by molar-refractivity contribution is 5.84. The third kappa shape index (κ3) is 3.19. The van der Waals surface area contributed by atoms with Crippen molar-refractivity contribution in [1.82, 2.24) is 19.6 Å². The SMILES string of the molecule is Cc1nn(C)c(C)c1CC(=O)N1CCN(C(=O)C23CC4CC(CC(C4)C2)C3)CC1. The molecule has 2 heterocycles. The summed E-state index contributed by atoms with van der Waals surface area (Å²) >= 11 is 0. The van der Waals surface area contributed by atoms with Gasteiger partial charge in [-0.1, -0.05) is 0 Å². The van der Waals surface area contributed by atoms with E-state index >= 15 is 0 Å². The van der Waals surface area contributed by atoms with E-state index < -0.39 is 0 Å². The van der Waals surface area contributed by atoms with E-state index in [1.54, 1.807) is 0 Å². The van der Waals surface area contributed by atoms with Gasteiger partial charge in [0.05, 0.1) is 17.5 Å². The lowest BCUT2D eigenvalue weighted by molar-refractivity contribution is -0.160. The van der Waals surface area contributed by atoms with Crippen molar-refractivity contribution in [3.63, 3.8) is 0 Å². The molecule has 1 aromatic rings. The number of amides is 2. The van der Waals surface area contributed by atoms with Crippen LogP contribution in [0.15, 0.2) is 0 Å². The summed E-state index contributed by atoms with van der Waals surface area (Å²) in [5.74, 6) is 2.94. The Morgan fingerprint density at radius 2 is 1.45 bits per heavy atom. The average Bonchev–Trinajstić information content (AvgIpc) is 2.92. The summed E-state index contributed by atoms with van der Waals surface area (Å²) in [5, 5.41) is 4.43. The lowest BCUT2D eigenvalue weighted by Gasteiger charge is -2.57. The lowest BCUT2D eigenvalue weighted by Crippen LogP contribution is -2.58. The summed E-state index contributed by atoms with van der Waals surface area (Å²) in [4.78, 5) is 30.4. The zero-order valence-corrected chi connectivity index (χ0v) is 18.1. The molecule has 5 aliphatic rings. The van der Waals surface area contributed by atoms with Crippen molar-refractivity contribution in [3.05, 3.63) is 17.0 Å². The Morgan fingerprint density at radius 3 is 1.93 bits per heavy atom. The quantitative estimate of drug-likeness (QED) is 0.786. The van der Waals surface area contributed by atoms with E-state index in [1.165, 1.54) is 19.3 Å². The minimum Gasteiger partial charge on any atom is -0.339 e. The van der Waals surface area contributed by atoms with E-state index in [0.717, 1.165) is 54.0 Å². The van der Waals surface area contributed by atoms with Gasteiger partial charge in [0.25, 0.3) is 0 Å². The first-order valence-corrected chi connectivity index (χ1v) is 11.4. The number of carbonyl (C=O) groups excluding carboxylic acids is 2. The number of piperazine rings is 1. The van der Waals surface area contributed by atoms with Gasteiger partial charge in [-0.15, -0.1) is 0 Å². The number of hydrogen-bond acceptors (Lipinski definition) is 3. The fourth-order valence-electron chi connectivity index (χ4n) is 7.20. The molecule has 0 spiro atoms. The molecule has 6 nitrogen and oxygen atoms in total. The maximum Gasteiger partial charge on any atom is 0.228 e. The van der Waals surface area contributed by atoms with E-state index in [1.807, 2.05) is 30.5 Å². The van der Waals surface area contributed by atoms with Crippen LogP contribution in [0, 0.1) is 37.0 Å². The van der Waals surface area contributed by atoms with E-state index in [4.69, 9.17) is 0 Å². The number of nitrogens with zero attached hydrogens (tertiary/aromatic N) is 4. The molecule has 0 unspecified atom stereocenters. The number of aryl methyl sites for hydroxylation is 2. The minimum atomic E-state index is -0.0646. The Kier molecular flexibility index (Phi) is 4.52. The molecule has 6 heteroatoms. The summed E-state index contributed by atoms with van der Waals surface area (Å²) in [6.45, 7) is 6.70. The molecule has 4 aliphatic carbocycles. The van der Waals surface area contributed by atoms with Gasteiger partial charge in [0.1, 0.15) is 0 Å². The van der Waals surface area contributed by atoms with Crippen molar-refractivity contribution >= 4 is 11.8 Å². The van der Waals surface area contributed by atoms with Crippen molar-refractivity contribution in [2.75, 3.05) is 26.2 Å². The number of aromatic nitrogens is 2. The molecule has 0 atom stereocenters. The molecule has 0 N–H and O–H groups in total. The minimum absolute atomic E-state index is 0.0646. The van der Waals surface area contributed by atoms with E-state index in [2.05, 4.69) is 10.00 Å². The molecule has 1 aromatic heterocycles. The molecule has 29 heavy (non-hydrogen) atoms. The summed E-state index contributed by atoms with van der Waals surface area (Å²) in [6, 6.07) is 0. The van der Waals surface area contributed by atoms with Crippen molar-refractivity contribution in [3.8, 4) is 0 Å². The fraction of sp³-hybridized carbons (Fsp3) is 0.783. The van der Waals surface area contributed by atoms with Gasteiger partial charge in [-0.25, -0.2) is 0 Å². The Hall–Kier alpha value is -1.85. The predicted octanol–water partition coefficient (Wildman–Crippen LogP) is 2.47. The molecule has 158 valence electrons. The zero-order chi connectivity index (χ0) is 20.3. The Balaban J connectivity index is 1.20. The third-order valence-corrected chi connectivity index (χ3v) is 8.40. The molecule has 2 amide bonds. The van der Waals surface area contributed by atoms with Gasteiger partial charge in [0.15, 0.2) is 0 Å². The largest absolute Gasteiger partial charge is 0.339 e. The van der Waals surface area contributed by atoms with Crippen molar-refractivity contribution < 1.29 is 9.59 Å². The first-order chi connectivity index (χ1) is 13.8. The van der Waals surface area contributed by atoms with Gasteiger partial charge < -0.3 is 9.80 Å². The molecular weight excluding hydrogens is 364 g/mol. The molecule has 5 fully saturated rings. The predicted molar refractivity (Wildman–Crippen MR) is 110 cm³/mol. The standard InChI is InChI=1S/C23H34N4O2/c1-15-20(16(2)25(3)24-15)11-21(28)26-4-6-27(7-5-26)22(29)23-12-17-8-18(13-23)10-19(9-17)14-23/h17-19H,4-14H2,1-3H3. The summed E-state index contributed by atoms with van der Waals surface area (Å²) in [5.41, 5.74) is 2.98. The Morgan fingerprint density at radius 1 is 0.931 bits per heavy atom. The maximum absolute atomic E-state index is 13.5. The lowest BCUT2D eigenvalue weighted by atomic mass is 9.49. The van der Waals surface area contributed by atoms with Crippen molar-refractivity contribution in [2.24, 2.45) is 30.2 Å². The number of rotatable bonds is 3. The topological polar surface area (TPSA) is 58.4 Å².